The van der Waals surface area contributed by atoms with E-state index in [4.69, 9.17) is 9.26 Å². The van der Waals surface area contributed by atoms with Crippen molar-refractivity contribution in [1.82, 2.24) is 20.0 Å². The smallest absolute Gasteiger partial charge is 0.254 e. The maximum absolute atomic E-state index is 12.4. The normalized spacial score (nSPS) is 18.4. The minimum atomic E-state index is -0.00765. The summed E-state index contributed by atoms with van der Waals surface area (Å²) in [6.07, 6.45) is 5.09. The number of piperidine rings is 1. The molecule has 0 aliphatic carbocycles. The number of rotatable bonds is 4. The van der Waals surface area contributed by atoms with Crippen LogP contribution in [0.1, 0.15) is 34.9 Å². The van der Waals surface area contributed by atoms with Gasteiger partial charge in [0, 0.05) is 31.0 Å². The Morgan fingerprint density at radius 1 is 1.45 bits per heavy atom. The Morgan fingerprint density at radius 3 is 3.00 bits per heavy atom. The Bertz CT molecular complexity index is 629. The highest BCUT2D eigenvalue weighted by Crippen LogP contribution is 2.17. The Hall–Kier alpha value is -2.28. The second-order valence-electron chi connectivity index (χ2n) is 5.30. The number of likely N-dealkylation sites (tertiary alicyclic amines) is 1. The second-order valence-corrected chi connectivity index (χ2v) is 5.30. The van der Waals surface area contributed by atoms with E-state index >= 15 is 0 Å². The van der Waals surface area contributed by atoms with Gasteiger partial charge in [0.15, 0.2) is 5.82 Å². The number of aryl methyl sites for hydroxylation is 1. The van der Waals surface area contributed by atoms with Gasteiger partial charge in [-0.05, 0) is 31.9 Å². The zero-order chi connectivity index (χ0) is 15.4. The number of carbonyl (C=O) groups is 1. The molecule has 1 amide bonds. The molecule has 1 atom stereocenters. The Labute approximate surface area is 128 Å². The summed E-state index contributed by atoms with van der Waals surface area (Å²) in [5.41, 5.74) is 0.656. The zero-order valence-electron chi connectivity index (χ0n) is 12.4. The summed E-state index contributed by atoms with van der Waals surface area (Å²) in [4.78, 5) is 22.3. The van der Waals surface area contributed by atoms with Gasteiger partial charge in [-0.2, -0.15) is 4.98 Å². The first-order chi connectivity index (χ1) is 10.7. The summed E-state index contributed by atoms with van der Waals surface area (Å²) in [5.74, 6) is 1.08. The van der Waals surface area contributed by atoms with E-state index in [1.165, 1.54) is 0 Å². The molecule has 0 spiro atoms. The number of nitrogens with zero attached hydrogens (tertiary/aromatic N) is 4. The summed E-state index contributed by atoms with van der Waals surface area (Å²) in [7, 11) is 0. The lowest BCUT2D eigenvalue weighted by Gasteiger charge is -2.32. The van der Waals surface area contributed by atoms with Crippen LogP contribution in [0, 0.1) is 6.92 Å². The number of carbonyl (C=O) groups excluding carboxylic acids is 1. The third-order valence-corrected chi connectivity index (χ3v) is 3.60. The van der Waals surface area contributed by atoms with Crippen molar-refractivity contribution in [2.24, 2.45) is 0 Å². The molecule has 3 rings (SSSR count). The molecule has 116 valence electrons. The fourth-order valence-corrected chi connectivity index (χ4v) is 2.52. The van der Waals surface area contributed by atoms with E-state index in [-0.39, 0.29) is 18.6 Å². The average molecular weight is 302 g/mol. The molecule has 7 heteroatoms. The number of hydrogen-bond donors (Lipinski definition) is 0. The molecule has 3 heterocycles. The highest BCUT2D eigenvalue weighted by molar-refractivity contribution is 5.94. The van der Waals surface area contributed by atoms with Crippen LogP contribution < -0.4 is 0 Å². The lowest BCUT2D eigenvalue weighted by molar-refractivity contribution is -0.0153. The number of amides is 1. The van der Waals surface area contributed by atoms with Crippen molar-refractivity contribution in [2.75, 3.05) is 13.1 Å². The van der Waals surface area contributed by atoms with Crippen LogP contribution >= 0.6 is 0 Å². The molecule has 1 saturated heterocycles. The molecule has 0 N–H and O–H groups in total. The fourth-order valence-electron chi connectivity index (χ4n) is 2.52. The van der Waals surface area contributed by atoms with Gasteiger partial charge in [0.05, 0.1) is 6.10 Å². The topological polar surface area (TPSA) is 81.4 Å². The van der Waals surface area contributed by atoms with Gasteiger partial charge < -0.3 is 14.2 Å². The van der Waals surface area contributed by atoms with Crippen LogP contribution in [-0.4, -0.2) is 45.1 Å². The van der Waals surface area contributed by atoms with Crippen molar-refractivity contribution < 1.29 is 14.1 Å². The number of hydrogen-bond acceptors (Lipinski definition) is 6. The molecule has 22 heavy (non-hydrogen) atoms. The minimum absolute atomic E-state index is 0.00765. The SMILES string of the molecule is Cc1noc(CO[C@H]2CCCN(C(=O)c3ccncc3)C2)n1. The minimum Gasteiger partial charge on any atom is -0.367 e. The van der Waals surface area contributed by atoms with Crippen molar-refractivity contribution in [3.63, 3.8) is 0 Å². The molecule has 0 bridgehead atoms. The predicted octanol–water partition coefficient (Wildman–Crippen LogP) is 1.59. The highest BCUT2D eigenvalue weighted by Gasteiger charge is 2.25. The van der Waals surface area contributed by atoms with Gasteiger partial charge in [-0.25, -0.2) is 0 Å². The third kappa shape index (κ3) is 3.48. The van der Waals surface area contributed by atoms with E-state index in [1.54, 1.807) is 31.5 Å². The number of aromatic nitrogens is 3. The van der Waals surface area contributed by atoms with Gasteiger partial charge in [0.1, 0.15) is 6.61 Å². The fraction of sp³-hybridized carbons (Fsp3) is 0.467. The highest BCUT2D eigenvalue weighted by atomic mass is 16.5. The maximum Gasteiger partial charge on any atom is 0.254 e. The predicted molar refractivity (Wildman–Crippen MR) is 77.0 cm³/mol. The van der Waals surface area contributed by atoms with E-state index in [2.05, 4.69) is 15.1 Å². The summed E-state index contributed by atoms with van der Waals surface area (Å²) in [6, 6.07) is 3.46. The largest absolute Gasteiger partial charge is 0.367 e. The van der Waals surface area contributed by atoms with Crippen LogP contribution in [0.5, 0.6) is 0 Å². The van der Waals surface area contributed by atoms with Crippen LogP contribution in [0.15, 0.2) is 29.0 Å². The average Bonchev–Trinajstić information content (AvgIpc) is 2.99. The van der Waals surface area contributed by atoms with Crippen LogP contribution in [0.2, 0.25) is 0 Å². The molecular formula is C15H18N4O3. The standard InChI is InChI=1S/C15H18N4O3/c1-11-17-14(22-18-11)10-21-13-3-2-8-19(9-13)15(20)12-4-6-16-7-5-12/h4-7,13H,2-3,8-10H2,1H3/t13-/m0/s1. The van der Waals surface area contributed by atoms with E-state index in [0.717, 1.165) is 19.4 Å². The molecule has 0 radical (unpaired) electrons. The van der Waals surface area contributed by atoms with E-state index in [9.17, 15) is 4.79 Å². The second kappa shape index (κ2) is 6.65. The number of ether oxygens (including phenoxy) is 1. The van der Waals surface area contributed by atoms with E-state index < -0.39 is 0 Å². The van der Waals surface area contributed by atoms with E-state index in [0.29, 0.717) is 23.8 Å². The van der Waals surface area contributed by atoms with Gasteiger partial charge >= 0.3 is 0 Å². The van der Waals surface area contributed by atoms with Gasteiger partial charge in [-0.1, -0.05) is 5.16 Å². The van der Waals surface area contributed by atoms with E-state index in [1.807, 2.05) is 4.90 Å². The Kier molecular flexibility index (Phi) is 4.43. The molecule has 1 aliphatic rings. The van der Waals surface area contributed by atoms with Gasteiger partial charge in [0.2, 0.25) is 0 Å². The summed E-state index contributed by atoms with van der Waals surface area (Å²) >= 11 is 0. The van der Waals surface area contributed by atoms with Crippen molar-refractivity contribution in [3.8, 4) is 0 Å². The summed E-state index contributed by atoms with van der Waals surface area (Å²) in [6.45, 7) is 3.38. The molecule has 0 unspecified atom stereocenters. The molecule has 2 aromatic heterocycles. The first-order valence-corrected chi connectivity index (χ1v) is 7.32. The Morgan fingerprint density at radius 2 is 2.27 bits per heavy atom. The lowest BCUT2D eigenvalue weighted by Crippen LogP contribution is -2.43. The maximum atomic E-state index is 12.4. The van der Waals surface area contributed by atoms with Crippen molar-refractivity contribution in [1.29, 1.82) is 0 Å². The van der Waals surface area contributed by atoms with Gasteiger partial charge in [-0.3, -0.25) is 9.78 Å². The Balaban J connectivity index is 1.56. The van der Waals surface area contributed by atoms with Crippen LogP contribution in [0.3, 0.4) is 0 Å². The number of pyridine rings is 1. The van der Waals surface area contributed by atoms with Crippen molar-refractivity contribution >= 4 is 5.91 Å². The molecule has 0 saturated carbocycles. The molecule has 0 aromatic carbocycles. The third-order valence-electron chi connectivity index (χ3n) is 3.60. The zero-order valence-corrected chi connectivity index (χ0v) is 12.4. The molecule has 1 fully saturated rings. The van der Waals surface area contributed by atoms with Crippen molar-refractivity contribution in [3.05, 3.63) is 41.8 Å². The summed E-state index contributed by atoms with van der Waals surface area (Å²) < 4.78 is 10.8. The van der Waals surface area contributed by atoms with Crippen LogP contribution in [-0.2, 0) is 11.3 Å². The molecular weight excluding hydrogens is 284 g/mol. The van der Waals surface area contributed by atoms with Crippen LogP contribution in [0.25, 0.3) is 0 Å². The summed E-state index contributed by atoms with van der Waals surface area (Å²) in [5, 5.41) is 3.73. The molecule has 1 aliphatic heterocycles. The first kappa shape index (κ1) is 14.6. The first-order valence-electron chi connectivity index (χ1n) is 7.32. The lowest BCUT2D eigenvalue weighted by atomic mass is 10.1. The molecule has 2 aromatic rings. The molecule has 7 nitrogen and oxygen atoms in total. The quantitative estimate of drug-likeness (QED) is 0.853. The van der Waals surface area contributed by atoms with Gasteiger partial charge in [0.25, 0.3) is 11.8 Å². The monoisotopic (exact) mass is 302 g/mol. The van der Waals surface area contributed by atoms with Crippen LogP contribution in [0.4, 0.5) is 0 Å². The van der Waals surface area contributed by atoms with Crippen molar-refractivity contribution in [2.45, 2.75) is 32.5 Å². The van der Waals surface area contributed by atoms with Gasteiger partial charge in [-0.15, -0.1) is 0 Å².